The molecule has 0 radical (unpaired) electrons. The molecule has 5 saturated carbocycles. The van der Waals surface area contributed by atoms with Crippen LogP contribution in [0.1, 0.15) is 99.3 Å². The van der Waals surface area contributed by atoms with Crippen molar-refractivity contribution in [3.63, 3.8) is 0 Å². The molecule has 0 aromatic rings. The minimum absolute atomic E-state index is 0.00463. The maximum absolute atomic E-state index is 11.8. The Morgan fingerprint density at radius 3 is 2.03 bits per heavy atom. The van der Waals surface area contributed by atoms with Crippen LogP contribution in [-0.2, 0) is 0 Å². The van der Waals surface area contributed by atoms with Crippen LogP contribution in [0.15, 0.2) is 0 Å². The predicted molar refractivity (Wildman–Crippen MR) is 136 cm³/mol. The standard InChI is InChI=1S/C30H52O5/c1-25(2,35)18-9-14-30(17-32)23(34)15-29(6)19(24(18)30)7-8-21-26(3)12-11-22(33)27(4,16-31)20(26)10-13-28(21,29)5/h18-24,31-35H,7-17H2,1-6H3. The van der Waals surface area contributed by atoms with E-state index in [9.17, 15) is 25.5 Å². The van der Waals surface area contributed by atoms with E-state index >= 15 is 0 Å². The molecular weight excluding hydrogens is 440 g/mol. The SMILES string of the molecule is CC(C)(O)C1CCC2(CO)C(O)CC3(C)C(CCC4C5(C)CCC(O)C(C)(CO)C5CCC43C)C12. The molecule has 5 aliphatic rings. The van der Waals surface area contributed by atoms with Gasteiger partial charge in [0.1, 0.15) is 0 Å². The second kappa shape index (κ2) is 7.91. The largest absolute Gasteiger partial charge is 0.396 e. The Balaban J connectivity index is 1.58. The molecule has 0 amide bonds. The van der Waals surface area contributed by atoms with Gasteiger partial charge >= 0.3 is 0 Å². The van der Waals surface area contributed by atoms with Crippen LogP contribution in [-0.4, -0.2) is 56.6 Å². The predicted octanol–water partition coefficient (Wildman–Crippen LogP) is 4.14. The molecule has 0 spiro atoms. The summed E-state index contributed by atoms with van der Waals surface area (Å²) in [5.74, 6) is 1.35. The van der Waals surface area contributed by atoms with Crippen molar-refractivity contribution in [1.82, 2.24) is 0 Å². The van der Waals surface area contributed by atoms with E-state index in [4.69, 9.17) is 0 Å². The van der Waals surface area contributed by atoms with Crippen molar-refractivity contribution in [2.45, 2.75) is 117 Å². The van der Waals surface area contributed by atoms with Crippen molar-refractivity contribution in [2.24, 2.45) is 56.7 Å². The van der Waals surface area contributed by atoms with Crippen molar-refractivity contribution in [1.29, 1.82) is 0 Å². The van der Waals surface area contributed by atoms with Gasteiger partial charge in [0, 0.05) is 10.8 Å². The molecule has 202 valence electrons. The molecule has 0 aromatic heterocycles. The smallest absolute Gasteiger partial charge is 0.0626 e. The zero-order valence-corrected chi connectivity index (χ0v) is 23.1. The maximum Gasteiger partial charge on any atom is 0.0626 e. The van der Waals surface area contributed by atoms with E-state index in [-0.39, 0.29) is 41.3 Å². The minimum Gasteiger partial charge on any atom is -0.396 e. The second-order valence-electron chi connectivity index (χ2n) is 15.3. The molecule has 5 fully saturated rings. The Kier molecular flexibility index (Phi) is 5.97. The average Bonchev–Trinajstić information content (AvgIpc) is 3.19. The van der Waals surface area contributed by atoms with Gasteiger partial charge in [0.2, 0.25) is 0 Å². The van der Waals surface area contributed by atoms with Gasteiger partial charge in [-0.3, -0.25) is 0 Å². The van der Waals surface area contributed by atoms with Crippen molar-refractivity contribution in [2.75, 3.05) is 13.2 Å². The summed E-state index contributed by atoms with van der Waals surface area (Å²) in [5.41, 5.74) is -1.77. The first kappa shape index (κ1) is 26.4. The molecule has 12 atom stereocenters. The lowest BCUT2D eigenvalue weighted by molar-refractivity contribution is -0.274. The fourth-order valence-corrected chi connectivity index (χ4v) is 11.9. The van der Waals surface area contributed by atoms with Gasteiger partial charge in [0.15, 0.2) is 0 Å². The van der Waals surface area contributed by atoms with Crippen LogP contribution in [0.2, 0.25) is 0 Å². The Bertz CT molecular complexity index is 839. The molecule has 0 heterocycles. The zero-order chi connectivity index (χ0) is 25.8. The highest BCUT2D eigenvalue weighted by Crippen LogP contribution is 2.77. The molecule has 0 aromatic carbocycles. The van der Waals surface area contributed by atoms with Crippen LogP contribution in [0.25, 0.3) is 0 Å². The molecule has 5 aliphatic carbocycles. The fourth-order valence-electron chi connectivity index (χ4n) is 11.9. The van der Waals surface area contributed by atoms with Gasteiger partial charge in [0.05, 0.1) is 31.0 Å². The topological polar surface area (TPSA) is 101 Å². The molecule has 0 aliphatic heterocycles. The third-order valence-electron chi connectivity index (χ3n) is 14.0. The number of aliphatic hydroxyl groups excluding tert-OH is 4. The highest BCUT2D eigenvalue weighted by atomic mass is 16.3. The van der Waals surface area contributed by atoms with E-state index in [1.807, 2.05) is 13.8 Å². The number of aliphatic hydroxyl groups is 5. The van der Waals surface area contributed by atoms with E-state index < -0.39 is 28.6 Å². The fraction of sp³-hybridized carbons (Fsp3) is 1.00. The number of hydrogen-bond acceptors (Lipinski definition) is 5. The van der Waals surface area contributed by atoms with Gasteiger partial charge in [-0.05, 0) is 117 Å². The van der Waals surface area contributed by atoms with E-state index in [0.29, 0.717) is 17.8 Å². The first-order valence-corrected chi connectivity index (χ1v) is 14.5. The Hall–Kier alpha value is -0.200. The minimum atomic E-state index is -0.830. The van der Waals surface area contributed by atoms with Gasteiger partial charge < -0.3 is 25.5 Å². The molecule has 5 rings (SSSR count). The summed E-state index contributed by atoms with van der Waals surface area (Å²) in [6.07, 6.45) is 7.36. The molecule has 35 heavy (non-hydrogen) atoms. The molecule has 5 N–H and O–H groups in total. The van der Waals surface area contributed by atoms with E-state index in [1.165, 1.54) is 0 Å². The van der Waals surface area contributed by atoms with Crippen LogP contribution >= 0.6 is 0 Å². The summed E-state index contributed by atoms with van der Waals surface area (Å²) in [6, 6.07) is 0. The number of hydrogen-bond donors (Lipinski definition) is 5. The normalized spacial score (nSPS) is 58.2. The van der Waals surface area contributed by atoms with Crippen LogP contribution in [0, 0.1) is 56.7 Å². The average molecular weight is 493 g/mol. The van der Waals surface area contributed by atoms with Crippen molar-refractivity contribution in [3.8, 4) is 0 Å². The van der Waals surface area contributed by atoms with Gasteiger partial charge in [-0.1, -0.05) is 27.7 Å². The molecule has 0 bridgehead atoms. The summed E-state index contributed by atoms with van der Waals surface area (Å²) in [7, 11) is 0. The molecule has 5 nitrogen and oxygen atoms in total. The first-order valence-electron chi connectivity index (χ1n) is 14.5. The highest BCUT2D eigenvalue weighted by Gasteiger charge is 2.73. The van der Waals surface area contributed by atoms with Gasteiger partial charge in [0.25, 0.3) is 0 Å². The molecule has 0 saturated heterocycles. The van der Waals surface area contributed by atoms with Gasteiger partial charge in [-0.25, -0.2) is 0 Å². The number of fused-ring (bicyclic) bond motifs is 7. The summed E-state index contributed by atoms with van der Waals surface area (Å²) in [4.78, 5) is 0. The summed E-state index contributed by atoms with van der Waals surface area (Å²) >= 11 is 0. The van der Waals surface area contributed by atoms with Crippen LogP contribution in [0.5, 0.6) is 0 Å². The van der Waals surface area contributed by atoms with E-state index in [0.717, 1.165) is 57.8 Å². The lowest BCUT2D eigenvalue weighted by Crippen LogP contribution is -2.69. The highest BCUT2D eigenvalue weighted by molar-refractivity contribution is 5.21. The van der Waals surface area contributed by atoms with Crippen LogP contribution < -0.4 is 0 Å². The Labute approximate surface area is 212 Å². The third kappa shape index (κ3) is 3.11. The van der Waals surface area contributed by atoms with E-state index in [1.54, 1.807) is 0 Å². The molecule has 5 heteroatoms. The third-order valence-corrected chi connectivity index (χ3v) is 14.0. The lowest BCUT2D eigenvalue weighted by atomic mass is 9.32. The molecular formula is C30H52O5. The first-order chi connectivity index (χ1) is 16.2. The summed E-state index contributed by atoms with van der Waals surface area (Å²) < 4.78 is 0. The quantitative estimate of drug-likeness (QED) is 0.408. The van der Waals surface area contributed by atoms with Crippen molar-refractivity contribution >= 4 is 0 Å². The van der Waals surface area contributed by atoms with Crippen molar-refractivity contribution in [3.05, 3.63) is 0 Å². The Morgan fingerprint density at radius 1 is 0.743 bits per heavy atom. The molecule has 12 unspecified atom stereocenters. The lowest BCUT2D eigenvalue weighted by Gasteiger charge is -2.73. The van der Waals surface area contributed by atoms with E-state index in [2.05, 4.69) is 27.7 Å². The van der Waals surface area contributed by atoms with Crippen LogP contribution in [0.3, 0.4) is 0 Å². The monoisotopic (exact) mass is 492 g/mol. The summed E-state index contributed by atoms with van der Waals surface area (Å²) in [6.45, 7) is 13.3. The number of rotatable bonds is 3. The summed E-state index contributed by atoms with van der Waals surface area (Å²) in [5, 5.41) is 55.0. The van der Waals surface area contributed by atoms with Gasteiger partial charge in [-0.2, -0.15) is 0 Å². The van der Waals surface area contributed by atoms with Crippen LogP contribution in [0.4, 0.5) is 0 Å². The maximum atomic E-state index is 11.8. The second-order valence-corrected chi connectivity index (χ2v) is 15.3. The van der Waals surface area contributed by atoms with Crippen molar-refractivity contribution < 1.29 is 25.5 Å². The van der Waals surface area contributed by atoms with Gasteiger partial charge in [-0.15, -0.1) is 0 Å². The zero-order valence-electron chi connectivity index (χ0n) is 23.1. The Morgan fingerprint density at radius 2 is 1.43 bits per heavy atom.